The smallest absolute Gasteiger partial charge is 0.251 e. The Hall–Kier alpha value is -2.01. The van der Waals surface area contributed by atoms with Crippen LogP contribution in [0.25, 0.3) is 6.08 Å². The summed E-state index contributed by atoms with van der Waals surface area (Å²) in [7, 11) is 1.61. The van der Waals surface area contributed by atoms with Crippen molar-refractivity contribution in [3.8, 4) is 11.5 Å². The molecule has 1 heterocycles. The molecule has 0 radical (unpaired) electrons. The summed E-state index contributed by atoms with van der Waals surface area (Å²) in [6.07, 6.45) is 3.44. The lowest BCUT2D eigenvalue weighted by Gasteiger charge is -2.32. The first-order valence-electron chi connectivity index (χ1n) is 7.61. The number of carbonyl (C=O) groups is 1. The van der Waals surface area contributed by atoms with Crippen molar-refractivity contribution in [2.24, 2.45) is 5.73 Å². The van der Waals surface area contributed by atoms with Gasteiger partial charge < -0.3 is 20.5 Å². The zero-order chi connectivity index (χ0) is 16.2. The van der Waals surface area contributed by atoms with Crippen LogP contribution >= 0.6 is 0 Å². The molecule has 3 N–H and O–H groups in total. The Kier molecular flexibility index (Phi) is 5.08. The van der Waals surface area contributed by atoms with Crippen LogP contribution in [0.5, 0.6) is 11.5 Å². The fourth-order valence-electron chi connectivity index (χ4n) is 2.50. The van der Waals surface area contributed by atoms with Crippen molar-refractivity contribution in [3.63, 3.8) is 0 Å². The van der Waals surface area contributed by atoms with Gasteiger partial charge in [0.1, 0.15) is 18.1 Å². The summed E-state index contributed by atoms with van der Waals surface area (Å²) < 4.78 is 10.9. The summed E-state index contributed by atoms with van der Waals surface area (Å²) in [4.78, 5) is 12.5. The molecule has 22 heavy (non-hydrogen) atoms. The average Bonchev–Trinajstić information content (AvgIpc) is 2.58. The second-order valence-electron chi connectivity index (χ2n) is 5.51. The third-order valence-electron chi connectivity index (χ3n) is 4.34. The number of nitrogens with one attached hydrogen (secondary N) is 1. The Bertz CT molecular complexity index is 569. The Labute approximate surface area is 131 Å². The molecule has 1 aromatic rings. The van der Waals surface area contributed by atoms with E-state index in [0.29, 0.717) is 12.1 Å². The van der Waals surface area contributed by atoms with Crippen LogP contribution in [0.3, 0.4) is 0 Å². The van der Waals surface area contributed by atoms with Crippen molar-refractivity contribution in [1.29, 1.82) is 0 Å². The number of methoxy groups -OCH3 is 1. The minimum Gasteiger partial charge on any atom is -0.497 e. The number of benzene rings is 1. The van der Waals surface area contributed by atoms with E-state index in [1.807, 2.05) is 38.1 Å². The summed E-state index contributed by atoms with van der Waals surface area (Å²) >= 11 is 0. The second-order valence-corrected chi connectivity index (χ2v) is 5.51. The molecular weight excluding hydrogens is 280 g/mol. The number of fused-ring (bicyclic) bond motifs is 1. The van der Waals surface area contributed by atoms with Crippen LogP contribution in [0, 0.1) is 0 Å². The van der Waals surface area contributed by atoms with Gasteiger partial charge in [0.05, 0.1) is 18.2 Å². The maximum Gasteiger partial charge on any atom is 0.251 e. The molecule has 120 valence electrons. The molecule has 0 bridgehead atoms. The fourth-order valence-corrected chi connectivity index (χ4v) is 2.50. The molecule has 1 amide bonds. The van der Waals surface area contributed by atoms with Crippen molar-refractivity contribution in [2.75, 3.05) is 20.3 Å². The number of carbonyl (C=O) groups excluding carboxylic acids is 1. The maximum atomic E-state index is 12.5. The minimum atomic E-state index is -0.355. The van der Waals surface area contributed by atoms with E-state index in [4.69, 9.17) is 15.2 Å². The van der Waals surface area contributed by atoms with Gasteiger partial charge in [0, 0.05) is 12.1 Å². The van der Waals surface area contributed by atoms with E-state index in [9.17, 15) is 4.79 Å². The fraction of sp³-hybridized carbons (Fsp3) is 0.471. The number of amides is 1. The van der Waals surface area contributed by atoms with Gasteiger partial charge in [0.2, 0.25) is 0 Å². The molecule has 0 saturated heterocycles. The van der Waals surface area contributed by atoms with Crippen molar-refractivity contribution >= 4 is 12.0 Å². The lowest BCUT2D eigenvalue weighted by atomic mass is 9.92. The highest BCUT2D eigenvalue weighted by atomic mass is 16.5. The maximum absolute atomic E-state index is 12.5. The van der Waals surface area contributed by atoms with Crippen LogP contribution in [0.1, 0.15) is 32.3 Å². The highest BCUT2D eigenvalue weighted by molar-refractivity contribution is 5.99. The lowest BCUT2D eigenvalue weighted by molar-refractivity contribution is -0.119. The molecule has 0 aromatic heterocycles. The quantitative estimate of drug-likeness (QED) is 0.844. The summed E-state index contributed by atoms with van der Waals surface area (Å²) in [5.74, 6) is 1.37. The lowest BCUT2D eigenvalue weighted by Crippen LogP contribution is -2.53. The molecule has 0 fully saturated rings. The molecule has 0 atom stereocenters. The van der Waals surface area contributed by atoms with Crippen LogP contribution in [-0.2, 0) is 4.79 Å². The predicted molar refractivity (Wildman–Crippen MR) is 87.0 cm³/mol. The number of ether oxygens (including phenoxy) is 2. The van der Waals surface area contributed by atoms with Gasteiger partial charge in [0.25, 0.3) is 5.91 Å². The van der Waals surface area contributed by atoms with Gasteiger partial charge in [-0.25, -0.2) is 0 Å². The SMILES string of the molecule is CCC(CC)(CN)NC(=O)C1=Cc2cc(OC)ccc2OC1. The van der Waals surface area contributed by atoms with Gasteiger partial charge in [-0.15, -0.1) is 0 Å². The van der Waals surface area contributed by atoms with E-state index < -0.39 is 0 Å². The first kappa shape index (κ1) is 16.4. The van der Waals surface area contributed by atoms with Crippen LogP contribution in [-0.4, -0.2) is 31.7 Å². The number of hydrogen-bond donors (Lipinski definition) is 2. The van der Waals surface area contributed by atoms with Gasteiger partial charge in [-0.2, -0.15) is 0 Å². The van der Waals surface area contributed by atoms with Crippen LogP contribution in [0.4, 0.5) is 0 Å². The Morgan fingerprint density at radius 2 is 2.14 bits per heavy atom. The summed E-state index contributed by atoms with van der Waals surface area (Å²) in [6, 6.07) is 5.55. The Morgan fingerprint density at radius 3 is 2.73 bits per heavy atom. The predicted octanol–water partition coefficient (Wildman–Crippen LogP) is 2.10. The van der Waals surface area contributed by atoms with Crippen LogP contribution < -0.4 is 20.5 Å². The van der Waals surface area contributed by atoms with Gasteiger partial charge in [0.15, 0.2) is 0 Å². The number of nitrogens with two attached hydrogens (primary N) is 1. The van der Waals surface area contributed by atoms with Crippen LogP contribution in [0.15, 0.2) is 23.8 Å². The van der Waals surface area contributed by atoms with E-state index in [1.54, 1.807) is 7.11 Å². The van der Waals surface area contributed by atoms with Crippen molar-refractivity contribution in [2.45, 2.75) is 32.2 Å². The molecule has 0 spiro atoms. The molecule has 0 aliphatic carbocycles. The monoisotopic (exact) mass is 304 g/mol. The standard InChI is InChI=1S/C17H24N2O3/c1-4-17(5-2,11-18)19-16(20)13-8-12-9-14(21-3)6-7-15(12)22-10-13/h6-9H,4-5,10-11,18H2,1-3H3,(H,19,20). The van der Waals surface area contributed by atoms with E-state index in [-0.39, 0.29) is 18.1 Å². The molecule has 1 aliphatic rings. The normalized spacial score (nSPS) is 13.7. The topological polar surface area (TPSA) is 73.6 Å². The Balaban J connectivity index is 2.22. The largest absolute Gasteiger partial charge is 0.497 e. The molecule has 5 heteroatoms. The zero-order valence-electron chi connectivity index (χ0n) is 13.4. The average molecular weight is 304 g/mol. The molecule has 1 aliphatic heterocycles. The first-order chi connectivity index (χ1) is 10.6. The zero-order valence-corrected chi connectivity index (χ0v) is 13.4. The van der Waals surface area contributed by atoms with Crippen molar-refractivity contribution in [1.82, 2.24) is 5.32 Å². The van der Waals surface area contributed by atoms with Gasteiger partial charge in [-0.05, 0) is 37.1 Å². The third-order valence-corrected chi connectivity index (χ3v) is 4.34. The molecule has 2 rings (SSSR count). The van der Waals surface area contributed by atoms with Crippen molar-refractivity contribution < 1.29 is 14.3 Å². The molecule has 1 aromatic carbocycles. The first-order valence-corrected chi connectivity index (χ1v) is 7.61. The highest BCUT2D eigenvalue weighted by Crippen LogP contribution is 2.30. The molecular formula is C17H24N2O3. The van der Waals surface area contributed by atoms with Crippen molar-refractivity contribution in [3.05, 3.63) is 29.3 Å². The highest BCUT2D eigenvalue weighted by Gasteiger charge is 2.28. The summed E-state index contributed by atoms with van der Waals surface area (Å²) in [5.41, 5.74) is 6.93. The van der Waals surface area contributed by atoms with Gasteiger partial charge >= 0.3 is 0 Å². The number of rotatable bonds is 6. The van der Waals surface area contributed by atoms with Crippen LogP contribution in [0.2, 0.25) is 0 Å². The molecule has 0 unspecified atom stereocenters. The van der Waals surface area contributed by atoms with Gasteiger partial charge in [-0.3, -0.25) is 4.79 Å². The van der Waals surface area contributed by atoms with E-state index in [2.05, 4.69) is 5.32 Å². The molecule has 0 saturated carbocycles. The minimum absolute atomic E-state index is 0.123. The third kappa shape index (κ3) is 3.25. The van der Waals surface area contributed by atoms with E-state index in [1.165, 1.54) is 0 Å². The summed E-state index contributed by atoms with van der Waals surface area (Å²) in [6.45, 7) is 4.74. The second kappa shape index (κ2) is 6.83. The number of hydrogen-bond acceptors (Lipinski definition) is 4. The van der Waals surface area contributed by atoms with E-state index >= 15 is 0 Å². The van der Waals surface area contributed by atoms with Gasteiger partial charge in [-0.1, -0.05) is 13.8 Å². The summed E-state index contributed by atoms with van der Waals surface area (Å²) in [5, 5.41) is 3.07. The van der Waals surface area contributed by atoms with E-state index in [0.717, 1.165) is 29.9 Å². The Morgan fingerprint density at radius 1 is 1.41 bits per heavy atom. The molecule has 5 nitrogen and oxygen atoms in total.